The number of nitro groups is 1. The summed E-state index contributed by atoms with van der Waals surface area (Å²) in [7, 11) is -4.00. The van der Waals surface area contributed by atoms with E-state index < -0.39 is 38.5 Å². The van der Waals surface area contributed by atoms with Crippen molar-refractivity contribution >= 4 is 33.6 Å². The number of carbonyl (C=O) groups excluding carboxylic acids is 3. The predicted molar refractivity (Wildman–Crippen MR) is 119 cm³/mol. The normalized spacial score (nSPS) is 21.7. The first-order chi connectivity index (χ1) is 16.0. The first kappa shape index (κ1) is 24.1. The van der Waals surface area contributed by atoms with E-state index in [2.05, 4.69) is 5.32 Å². The van der Waals surface area contributed by atoms with E-state index in [1.807, 2.05) is 0 Å². The zero-order valence-corrected chi connectivity index (χ0v) is 19.8. The first-order valence-corrected chi connectivity index (χ1v) is 12.6. The summed E-state index contributed by atoms with van der Waals surface area (Å²) in [6, 6.07) is 2.10. The standard InChI is InChI=1S/C21H27N5O7S/c1-14-5-6-16(26(30)31)13-17(14)34(32,33)24-11-9-23(10-12-24)18(27)15(2)25-19(28)21(22-20(25)29)7-3-4-8-21/h5-6,13,15H,3-4,7-12H2,1-2H3,(H,22,29). The van der Waals surface area contributed by atoms with Crippen LogP contribution in [0.3, 0.4) is 0 Å². The lowest BCUT2D eigenvalue weighted by Crippen LogP contribution is -2.56. The summed E-state index contributed by atoms with van der Waals surface area (Å²) in [5.41, 5.74) is -0.841. The number of non-ortho nitro benzene ring substituents is 1. The molecule has 4 amide bonds. The molecule has 3 aliphatic rings. The molecule has 1 saturated carbocycles. The van der Waals surface area contributed by atoms with Gasteiger partial charge in [-0.1, -0.05) is 18.9 Å². The Balaban J connectivity index is 1.44. The average molecular weight is 494 g/mol. The largest absolute Gasteiger partial charge is 0.338 e. The minimum absolute atomic E-state index is 0.00694. The molecule has 2 heterocycles. The van der Waals surface area contributed by atoms with Crippen LogP contribution in [0, 0.1) is 17.0 Å². The minimum atomic E-state index is -4.00. The number of piperazine rings is 1. The van der Waals surface area contributed by atoms with Crippen molar-refractivity contribution in [2.45, 2.75) is 56.0 Å². The summed E-state index contributed by atoms with van der Waals surface area (Å²) in [6.07, 6.45) is 2.79. The van der Waals surface area contributed by atoms with Gasteiger partial charge >= 0.3 is 6.03 Å². The molecule has 0 bridgehead atoms. The summed E-state index contributed by atoms with van der Waals surface area (Å²) in [5.74, 6) is -0.805. The third-order valence-electron chi connectivity index (χ3n) is 6.95. The van der Waals surface area contributed by atoms with E-state index in [-0.39, 0.29) is 42.7 Å². The molecule has 2 aliphatic heterocycles. The molecular formula is C21H27N5O7S. The number of hydrogen-bond acceptors (Lipinski definition) is 7. The molecule has 4 rings (SSSR count). The molecule has 1 N–H and O–H groups in total. The van der Waals surface area contributed by atoms with Crippen molar-refractivity contribution in [1.82, 2.24) is 19.4 Å². The van der Waals surface area contributed by atoms with Crippen LogP contribution in [-0.2, 0) is 19.6 Å². The van der Waals surface area contributed by atoms with Crippen LogP contribution >= 0.6 is 0 Å². The Labute approximate surface area is 197 Å². The van der Waals surface area contributed by atoms with Gasteiger partial charge in [0, 0.05) is 38.3 Å². The molecule has 1 atom stereocenters. The van der Waals surface area contributed by atoms with E-state index in [0.29, 0.717) is 18.4 Å². The number of carbonyl (C=O) groups is 3. The second-order valence-corrected chi connectivity index (χ2v) is 10.9. The predicted octanol–water partition coefficient (Wildman–Crippen LogP) is 0.989. The van der Waals surface area contributed by atoms with Crippen molar-refractivity contribution in [3.63, 3.8) is 0 Å². The van der Waals surface area contributed by atoms with Crippen molar-refractivity contribution in [2.24, 2.45) is 0 Å². The molecule has 1 aromatic rings. The summed E-state index contributed by atoms with van der Waals surface area (Å²) >= 11 is 0. The van der Waals surface area contributed by atoms with Crippen molar-refractivity contribution in [3.8, 4) is 0 Å². The number of urea groups is 1. The fourth-order valence-corrected chi connectivity index (χ4v) is 6.62. The fourth-order valence-electron chi connectivity index (χ4n) is 4.95. The lowest BCUT2D eigenvalue weighted by atomic mass is 9.97. The van der Waals surface area contributed by atoms with Crippen molar-refractivity contribution in [3.05, 3.63) is 33.9 Å². The van der Waals surface area contributed by atoms with Gasteiger partial charge in [0.15, 0.2) is 0 Å². The lowest BCUT2D eigenvalue weighted by molar-refractivity contribution is -0.385. The molecular weight excluding hydrogens is 466 g/mol. The molecule has 2 saturated heterocycles. The third kappa shape index (κ3) is 3.92. The van der Waals surface area contributed by atoms with Crippen LogP contribution in [0.2, 0.25) is 0 Å². The van der Waals surface area contributed by atoms with E-state index in [9.17, 15) is 32.9 Å². The van der Waals surface area contributed by atoms with Crippen LogP contribution < -0.4 is 5.32 Å². The Morgan fingerprint density at radius 2 is 1.76 bits per heavy atom. The number of aryl methyl sites for hydroxylation is 1. The second-order valence-electron chi connectivity index (χ2n) is 9.01. The van der Waals surface area contributed by atoms with E-state index in [1.165, 1.54) is 28.3 Å². The lowest BCUT2D eigenvalue weighted by Gasteiger charge is -2.36. The van der Waals surface area contributed by atoms with Crippen LogP contribution in [0.25, 0.3) is 0 Å². The highest BCUT2D eigenvalue weighted by Gasteiger charge is 2.55. The molecule has 13 heteroatoms. The zero-order valence-electron chi connectivity index (χ0n) is 19.0. The fraction of sp³-hybridized carbons (Fsp3) is 0.571. The number of rotatable bonds is 5. The molecule has 1 unspecified atom stereocenters. The summed E-state index contributed by atoms with van der Waals surface area (Å²) in [5, 5.41) is 13.8. The topological polar surface area (TPSA) is 150 Å². The maximum atomic E-state index is 13.1. The molecule has 3 fully saturated rings. The Kier molecular flexibility index (Phi) is 6.10. The van der Waals surface area contributed by atoms with Crippen LogP contribution in [0.4, 0.5) is 10.5 Å². The highest BCUT2D eigenvalue weighted by atomic mass is 32.2. The minimum Gasteiger partial charge on any atom is -0.338 e. The number of hydrogen-bond donors (Lipinski definition) is 1. The molecule has 184 valence electrons. The van der Waals surface area contributed by atoms with E-state index in [1.54, 1.807) is 6.92 Å². The average Bonchev–Trinajstić information content (AvgIpc) is 3.37. The Morgan fingerprint density at radius 1 is 1.15 bits per heavy atom. The number of benzene rings is 1. The van der Waals surface area contributed by atoms with E-state index >= 15 is 0 Å². The highest BCUT2D eigenvalue weighted by Crippen LogP contribution is 2.36. The van der Waals surface area contributed by atoms with Gasteiger partial charge in [-0.25, -0.2) is 18.1 Å². The number of sulfonamides is 1. The smallest absolute Gasteiger partial charge is 0.325 e. The molecule has 34 heavy (non-hydrogen) atoms. The van der Waals surface area contributed by atoms with Gasteiger partial charge in [-0.3, -0.25) is 19.7 Å². The summed E-state index contributed by atoms with van der Waals surface area (Å²) in [4.78, 5) is 51.3. The first-order valence-electron chi connectivity index (χ1n) is 11.2. The Hall–Kier alpha value is -3.06. The van der Waals surface area contributed by atoms with Gasteiger partial charge in [-0.2, -0.15) is 4.31 Å². The van der Waals surface area contributed by atoms with E-state index in [0.717, 1.165) is 23.8 Å². The van der Waals surface area contributed by atoms with Gasteiger partial charge in [0.2, 0.25) is 15.9 Å². The van der Waals surface area contributed by atoms with Gasteiger partial charge in [-0.05, 0) is 32.3 Å². The molecule has 0 aromatic heterocycles. The third-order valence-corrected chi connectivity index (χ3v) is 8.99. The zero-order chi connectivity index (χ0) is 24.8. The van der Waals surface area contributed by atoms with Gasteiger partial charge < -0.3 is 10.2 Å². The van der Waals surface area contributed by atoms with Crippen LogP contribution in [0.1, 0.15) is 38.2 Å². The van der Waals surface area contributed by atoms with Crippen molar-refractivity contribution in [2.75, 3.05) is 26.2 Å². The number of nitrogens with zero attached hydrogens (tertiary/aromatic N) is 4. The number of amides is 4. The molecule has 1 aliphatic carbocycles. The second kappa shape index (κ2) is 8.62. The van der Waals surface area contributed by atoms with E-state index in [4.69, 9.17) is 0 Å². The van der Waals surface area contributed by atoms with Crippen molar-refractivity contribution in [1.29, 1.82) is 0 Å². The Morgan fingerprint density at radius 3 is 2.35 bits per heavy atom. The molecule has 12 nitrogen and oxygen atoms in total. The maximum absolute atomic E-state index is 13.1. The van der Waals surface area contributed by atoms with Crippen LogP contribution in [-0.4, -0.2) is 83.1 Å². The molecule has 1 spiro atoms. The van der Waals surface area contributed by atoms with Gasteiger partial charge in [0.1, 0.15) is 11.6 Å². The summed E-state index contributed by atoms with van der Waals surface area (Å²) in [6.45, 7) is 3.20. The molecule has 0 radical (unpaired) electrons. The van der Waals surface area contributed by atoms with Crippen molar-refractivity contribution < 1.29 is 27.7 Å². The van der Waals surface area contributed by atoms with Crippen LogP contribution in [0.15, 0.2) is 23.1 Å². The maximum Gasteiger partial charge on any atom is 0.325 e. The number of nitrogens with one attached hydrogen (secondary N) is 1. The van der Waals surface area contributed by atoms with Crippen LogP contribution in [0.5, 0.6) is 0 Å². The van der Waals surface area contributed by atoms with Gasteiger partial charge in [0.25, 0.3) is 11.6 Å². The Bertz CT molecular complexity index is 1150. The summed E-state index contributed by atoms with van der Waals surface area (Å²) < 4.78 is 27.4. The molecule has 1 aromatic carbocycles. The highest BCUT2D eigenvalue weighted by molar-refractivity contribution is 7.89. The number of imide groups is 1. The van der Waals surface area contributed by atoms with Gasteiger partial charge in [0.05, 0.1) is 9.82 Å². The van der Waals surface area contributed by atoms with Gasteiger partial charge in [-0.15, -0.1) is 0 Å². The quantitative estimate of drug-likeness (QED) is 0.365. The SMILES string of the molecule is Cc1ccc([N+](=O)[O-])cc1S(=O)(=O)N1CCN(C(=O)C(C)N2C(=O)NC3(CCCC3)C2=O)CC1. The number of nitro benzene ring substituents is 1. The monoisotopic (exact) mass is 493 g/mol.